The molecule has 2 N–H and O–H groups in total. The predicted molar refractivity (Wildman–Crippen MR) is 50.3 cm³/mol. The third kappa shape index (κ3) is 4.06. The van der Waals surface area contributed by atoms with Crippen LogP contribution in [0.5, 0.6) is 0 Å². The van der Waals surface area contributed by atoms with Gasteiger partial charge in [0, 0.05) is 12.6 Å². The number of halogens is 3. The number of hydrogen-bond acceptors (Lipinski definition) is 4. The number of aliphatic hydroxyl groups is 1. The molecule has 17 heavy (non-hydrogen) atoms. The second kappa shape index (κ2) is 5.17. The molecule has 0 spiro atoms. The minimum Gasteiger partial charge on any atom is -0.384 e. The van der Waals surface area contributed by atoms with Gasteiger partial charge in [0.05, 0.1) is 5.69 Å². The topological polar surface area (TPSA) is 75.4 Å². The highest BCUT2D eigenvalue weighted by molar-refractivity contribution is 5.91. The van der Waals surface area contributed by atoms with Crippen molar-refractivity contribution in [2.45, 2.75) is 25.6 Å². The average molecular weight is 252 g/mol. The van der Waals surface area contributed by atoms with Gasteiger partial charge in [-0.1, -0.05) is 5.16 Å². The Morgan fingerprint density at radius 3 is 2.76 bits per heavy atom. The third-order valence-electron chi connectivity index (χ3n) is 1.93. The molecule has 1 aromatic heterocycles. The molecule has 1 aromatic rings. The van der Waals surface area contributed by atoms with E-state index in [0.717, 1.165) is 0 Å². The number of carbonyl (C=O) groups is 1. The Balaban J connectivity index is 2.35. The van der Waals surface area contributed by atoms with Crippen LogP contribution < -0.4 is 5.32 Å². The van der Waals surface area contributed by atoms with Crippen LogP contribution in [-0.2, 0) is 0 Å². The van der Waals surface area contributed by atoms with Crippen molar-refractivity contribution in [3.8, 4) is 0 Å². The molecule has 0 aliphatic heterocycles. The number of amides is 1. The molecular weight excluding hydrogens is 241 g/mol. The van der Waals surface area contributed by atoms with Crippen LogP contribution in [0.15, 0.2) is 10.6 Å². The van der Waals surface area contributed by atoms with Crippen LogP contribution in [0.2, 0.25) is 0 Å². The Morgan fingerprint density at radius 1 is 1.65 bits per heavy atom. The molecule has 0 unspecified atom stereocenters. The zero-order valence-electron chi connectivity index (χ0n) is 8.91. The number of aliphatic hydroxyl groups excluding tert-OH is 1. The van der Waals surface area contributed by atoms with Gasteiger partial charge in [0.1, 0.15) is 0 Å². The van der Waals surface area contributed by atoms with Gasteiger partial charge in [0.25, 0.3) is 5.91 Å². The summed E-state index contributed by atoms with van der Waals surface area (Å²) < 4.78 is 40.3. The highest BCUT2D eigenvalue weighted by Gasteiger charge is 2.37. The van der Waals surface area contributed by atoms with Crippen molar-refractivity contribution in [3.05, 3.63) is 17.5 Å². The molecule has 0 radical (unpaired) electrons. The van der Waals surface area contributed by atoms with Crippen LogP contribution in [0.4, 0.5) is 13.2 Å². The molecule has 1 amide bonds. The second-order valence-electron chi connectivity index (χ2n) is 3.43. The summed E-state index contributed by atoms with van der Waals surface area (Å²) in [4.78, 5) is 11.3. The van der Waals surface area contributed by atoms with Crippen LogP contribution in [0, 0.1) is 6.92 Å². The zero-order chi connectivity index (χ0) is 13.1. The maximum absolute atomic E-state index is 11.9. The van der Waals surface area contributed by atoms with Crippen LogP contribution in [0.3, 0.4) is 0 Å². The van der Waals surface area contributed by atoms with Gasteiger partial charge < -0.3 is 14.9 Å². The molecule has 1 heterocycles. The summed E-state index contributed by atoms with van der Waals surface area (Å²) in [7, 11) is 0. The van der Waals surface area contributed by atoms with Crippen LogP contribution in [0.1, 0.15) is 22.7 Å². The van der Waals surface area contributed by atoms with E-state index in [0.29, 0.717) is 5.69 Å². The smallest absolute Gasteiger partial charge is 0.384 e. The van der Waals surface area contributed by atoms with Gasteiger partial charge in [-0.05, 0) is 13.3 Å². The fourth-order valence-corrected chi connectivity index (χ4v) is 1.04. The molecule has 0 aliphatic carbocycles. The van der Waals surface area contributed by atoms with Crippen molar-refractivity contribution in [3.63, 3.8) is 0 Å². The highest BCUT2D eigenvalue weighted by Crippen LogP contribution is 2.21. The zero-order valence-corrected chi connectivity index (χ0v) is 8.91. The van der Waals surface area contributed by atoms with Gasteiger partial charge >= 0.3 is 6.18 Å². The first-order valence-electron chi connectivity index (χ1n) is 4.77. The van der Waals surface area contributed by atoms with Crippen molar-refractivity contribution in [2.24, 2.45) is 0 Å². The lowest BCUT2D eigenvalue weighted by Gasteiger charge is -2.13. The van der Waals surface area contributed by atoms with E-state index in [9.17, 15) is 18.0 Å². The van der Waals surface area contributed by atoms with Gasteiger partial charge in [0.15, 0.2) is 6.10 Å². The summed E-state index contributed by atoms with van der Waals surface area (Å²) in [5.74, 6) is -0.746. The minimum atomic E-state index is -4.67. The molecule has 0 bridgehead atoms. The minimum absolute atomic E-state index is 0.0796. The van der Waals surface area contributed by atoms with Crippen molar-refractivity contribution >= 4 is 5.91 Å². The largest absolute Gasteiger partial charge is 0.414 e. The van der Waals surface area contributed by atoms with E-state index in [-0.39, 0.29) is 12.3 Å². The number of rotatable bonds is 4. The SMILES string of the molecule is Cc1cc(C(=O)NCC[C@@H](O)C(F)(F)F)on1. The standard InChI is InChI=1S/C9H11F3N2O3/c1-5-4-6(17-14-5)8(16)13-3-2-7(15)9(10,11)12/h4,7,15H,2-3H2,1H3,(H,13,16)/t7-/m1/s1. The van der Waals surface area contributed by atoms with Crippen LogP contribution in [-0.4, -0.2) is 35.0 Å². The Morgan fingerprint density at radius 2 is 2.29 bits per heavy atom. The summed E-state index contributed by atoms with van der Waals surface area (Å²) in [5.41, 5.74) is 0.491. The van der Waals surface area contributed by atoms with Gasteiger partial charge in [0.2, 0.25) is 5.76 Å². The molecule has 1 atom stereocenters. The Bertz CT molecular complexity index is 389. The Labute approximate surface area is 94.6 Å². The van der Waals surface area contributed by atoms with Gasteiger partial charge in [-0.2, -0.15) is 13.2 Å². The highest BCUT2D eigenvalue weighted by atomic mass is 19.4. The van der Waals surface area contributed by atoms with E-state index < -0.39 is 24.6 Å². The number of aromatic nitrogens is 1. The maximum Gasteiger partial charge on any atom is 0.414 e. The van der Waals surface area contributed by atoms with Crippen molar-refractivity contribution < 1.29 is 27.6 Å². The molecule has 1 rings (SSSR count). The van der Waals surface area contributed by atoms with Gasteiger partial charge in [-0.25, -0.2) is 0 Å². The Kier molecular flexibility index (Phi) is 4.11. The number of nitrogens with one attached hydrogen (secondary N) is 1. The molecule has 0 fully saturated rings. The van der Waals surface area contributed by atoms with Gasteiger partial charge in [-0.3, -0.25) is 4.79 Å². The van der Waals surface area contributed by atoms with Crippen molar-refractivity contribution in [2.75, 3.05) is 6.54 Å². The summed E-state index contributed by atoms with van der Waals surface area (Å²) in [5, 5.41) is 14.3. The molecule has 0 saturated heterocycles. The summed E-state index contributed by atoms with van der Waals surface area (Å²) >= 11 is 0. The number of alkyl halides is 3. The lowest BCUT2D eigenvalue weighted by molar-refractivity contribution is -0.204. The first kappa shape index (κ1) is 13.5. The molecule has 96 valence electrons. The van der Waals surface area contributed by atoms with Crippen LogP contribution >= 0.6 is 0 Å². The average Bonchev–Trinajstić information content (AvgIpc) is 2.63. The van der Waals surface area contributed by atoms with Gasteiger partial charge in [-0.15, -0.1) is 0 Å². The maximum atomic E-state index is 11.9. The summed E-state index contributed by atoms with van der Waals surface area (Å²) in [6.07, 6.45) is -7.73. The van der Waals surface area contributed by atoms with E-state index in [2.05, 4.69) is 15.0 Å². The fraction of sp³-hybridized carbons (Fsp3) is 0.556. The molecule has 0 aliphatic rings. The number of carbonyl (C=O) groups excluding carboxylic acids is 1. The van der Waals surface area contributed by atoms with E-state index in [4.69, 9.17) is 5.11 Å². The number of aryl methyl sites for hydroxylation is 1. The monoisotopic (exact) mass is 252 g/mol. The fourth-order valence-electron chi connectivity index (χ4n) is 1.04. The lowest BCUT2D eigenvalue weighted by atomic mass is 10.2. The quantitative estimate of drug-likeness (QED) is 0.839. The second-order valence-corrected chi connectivity index (χ2v) is 3.43. The summed E-state index contributed by atoms with van der Waals surface area (Å²) in [6, 6.07) is 1.36. The third-order valence-corrected chi connectivity index (χ3v) is 1.93. The molecule has 0 aromatic carbocycles. The van der Waals surface area contributed by atoms with E-state index in [1.165, 1.54) is 6.07 Å². The van der Waals surface area contributed by atoms with E-state index in [1.807, 2.05) is 0 Å². The normalized spacial score (nSPS) is 13.5. The van der Waals surface area contributed by atoms with Crippen LogP contribution in [0.25, 0.3) is 0 Å². The first-order valence-corrected chi connectivity index (χ1v) is 4.77. The molecule has 8 heteroatoms. The van der Waals surface area contributed by atoms with Crippen molar-refractivity contribution in [1.82, 2.24) is 10.5 Å². The predicted octanol–water partition coefficient (Wildman–Crippen LogP) is 1.03. The summed E-state index contributed by atoms with van der Waals surface area (Å²) in [6.45, 7) is 1.30. The van der Waals surface area contributed by atoms with E-state index >= 15 is 0 Å². The van der Waals surface area contributed by atoms with E-state index in [1.54, 1.807) is 6.92 Å². The first-order chi connectivity index (χ1) is 7.80. The van der Waals surface area contributed by atoms with Crippen molar-refractivity contribution in [1.29, 1.82) is 0 Å². The lowest BCUT2D eigenvalue weighted by Crippen LogP contribution is -2.33. The number of nitrogens with zero attached hydrogens (tertiary/aromatic N) is 1. The Hall–Kier alpha value is -1.57. The number of hydrogen-bond donors (Lipinski definition) is 2. The molecular formula is C9H11F3N2O3. The molecule has 0 saturated carbocycles. The molecule has 5 nitrogen and oxygen atoms in total.